The summed E-state index contributed by atoms with van der Waals surface area (Å²) >= 11 is 1.88. The van der Waals surface area contributed by atoms with Crippen LogP contribution in [-0.2, 0) is 57.8 Å². The number of hydrogen-bond donors (Lipinski definition) is 8. The van der Waals surface area contributed by atoms with E-state index in [0.29, 0.717) is 108 Å². The van der Waals surface area contributed by atoms with Crippen molar-refractivity contribution in [3.63, 3.8) is 0 Å². The zero-order valence-electron chi connectivity index (χ0n) is 47.7. The van der Waals surface area contributed by atoms with Crippen molar-refractivity contribution in [2.75, 3.05) is 72.1 Å². The Bertz CT molecular complexity index is 2730. The minimum absolute atomic E-state index is 0.0244. The van der Waals surface area contributed by atoms with Crippen LogP contribution in [0.1, 0.15) is 104 Å². The molecule has 3 aliphatic heterocycles. The molecular formula is C56H82N10O15S2. The lowest BCUT2D eigenvalue weighted by molar-refractivity contribution is -0.142. The molecule has 27 heteroatoms. The monoisotopic (exact) mass is 1200 g/mol. The summed E-state index contributed by atoms with van der Waals surface area (Å²) in [5.41, 5.74) is -1.98. The molecule has 4 heterocycles. The molecule has 0 radical (unpaired) electrons. The summed E-state index contributed by atoms with van der Waals surface area (Å²) in [6.07, 6.45) is 6.93. The van der Waals surface area contributed by atoms with Crippen molar-refractivity contribution in [3.05, 3.63) is 55.4 Å². The number of hydrogen-bond acceptors (Lipinski definition) is 17. The van der Waals surface area contributed by atoms with Crippen LogP contribution >= 0.6 is 11.8 Å². The van der Waals surface area contributed by atoms with Gasteiger partial charge in [-0.2, -0.15) is 11.8 Å². The van der Waals surface area contributed by atoms with Crippen LogP contribution in [0, 0.1) is 0 Å². The molecule has 2 aromatic rings. The van der Waals surface area contributed by atoms with Crippen LogP contribution in [0.4, 0.5) is 4.79 Å². The van der Waals surface area contributed by atoms with Gasteiger partial charge in [0.2, 0.25) is 45.4 Å². The van der Waals surface area contributed by atoms with Gasteiger partial charge in [0, 0.05) is 80.3 Å². The summed E-state index contributed by atoms with van der Waals surface area (Å²) in [4.78, 5) is 111. The Kier molecular flexibility index (Phi) is 25.7. The number of thioether (sulfide) groups is 1. The second-order valence-corrected chi connectivity index (χ2v) is 24.3. The molecule has 9 amide bonds. The summed E-state index contributed by atoms with van der Waals surface area (Å²) in [5.74, 6) is -2.59. The lowest BCUT2D eigenvalue weighted by Gasteiger charge is -2.33. The van der Waals surface area contributed by atoms with Gasteiger partial charge >= 0.3 is 6.03 Å². The van der Waals surface area contributed by atoms with Gasteiger partial charge in [0.15, 0.2) is 0 Å². The number of fused-ring (bicyclic) bond motifs is 2. The number of unbranched alkanes of at least 4 members (excludes halogenated alkanes) is 1. The highest BCUT2D eigenvalue weighted by molar-refractivity contribution is 8.00. The topological polar surface area (TPSA) is 329 Å². The van der Waals surface area contributed by atoms with Crippen molar-refractivity contribution in [1.29, 1.82) is 0 Å². The number of carbonyl (C=O) groups excluding carboxylic acids is 8. The highest BCUT2D eigenvalue weighted by atomic mass is 32.2. The Labute approximate surface area is 489 Å². The van der Waals surface area contributed by atoms with Crippen molar-refractivity contribution in [3.8, 4) is 11.6 Å². The number of benzene rings is 1. The summed E-state index contributed by atoms with van der Waals surface area (Å²) in [6.45, 7) is 13.5. The van der Waals surface area contributed by atoms with Crippen LogP contribution in [-0.4, -0.2) is 184 Å². The SMILES string of the molecule is C=CC(=O)NC(=C)[C@H](NC(=O)CCCC(=O)NCCCOCCOCCOCCCNC(=O)CCCC[C@@H]1SC[C@@H]2NC(=O)N[C@@H]21)C(=O)N1C[C@H](Oc2nccc3cc(OC)ccc23)C[C@H]1C(=O)N[C@](C)(CCC)C(=O)NS(=O)(=O)C1CC1. The Hall–Kier alpha value is -6.55. The van der Waals surface area contributed by atoms with E-state index in [2.05, 4.69) is 60.1 Å². The molecule has 7 atom stereocenters. The third-order valence-corrected chi connectivity index (χ3v) is 17.8. The summed E-state index contributed by atoms with van der Waals surface area (Å²) in [6, 6.07) is 4.34. The number of rotatable bonds is 38. The number of amides is 9. The molecule has 83 heavy (non-hydrogen) atoms. The van der Waals surface area contributed by atoms with E-state index >= 15 is 0 Å². The molecule has 8 N–H and O–H groups in total. The van der Waals surface area contributed by atoms with Gasteiger partial charge in [-0.05, 0) is 94.0 Å². The maximum Gasteiger partial charge on any atom is 0.315 e. The molecule has 458 valence electrons. The third kappa shape index (κ3) is 20.3. The first-order valence-corrected chi connectivity index (χ1v) is 31.1. The molecule has 1 aliphatic carbocycles. The van der Waals surface area contributed by atoms with Gasteiger partial charge in [-0.1, -0.05) is 32.9 Å². The molecule has 6 rings (SSSR count). The van der Waals surface area contributed by atoms with E-state index in [4.69, 9.17) is 23.7 Å². The van der Waals surface area contributed by atoms with E-state index < -0.39 is 68.5 Å². The van der Waals surface area contributed by atoms with Gasteiger partial charge in [-0.15, -0.1) is 0 Å². The fourth-order valence-corrected chi connectivity index (χ4v) is 12.8. The highest BCUT2D eigenvalue weighted by Crippen LogP contribution is 2.34. The van der Waals surface area contributed by atoms with E-state index in [-0.39, 0.29) is 80.2 Å². The number of sulfonamides is 1. The number of nitrogens with one attached hydrogen (secondary N) is 8. The molecule has 0 unspecified atom stereocenters. The predicted octanol–water partition coefficient (Wildman–Crippen LogP) is 2.13. The quantitative estimate of drug-likeness (QED) is 0.0271. The molecule has 4 aliphatic rings. The standard InChI is InChI=1S/C56H82N10O15S2/c1-6-22-56(4,54(73)65-83(75,76)40-18-19-40)64-51(71)43-33-39(81-52-41-20-17-38(77-5)32-37(41)21-25-59-52)34-66(43)53(72)49(36(3)60-45(67)7-2)62-48(70)16-10-15-47(69)58-24-12-27-79-29-31-80-30-28-78-26-11-23-57-46(68)14-9-8-13-44-50-42(35-82-44)61-55(74)63-50/h7,17,20-21,25,32,39-40,42-44,49-50H,2-3,6,8-16,18-19,22-24,26-31,33-35H2,1,4-5H3,(H,57,68)(H,58,69)(H,60,67)(H,62,70)(H,64,71)(H,65,73)(H2,61,63,74)/t39-,42+,43+,44+,49+,50+,56-/m1/s1. The lowest BCUT2D eigenvalue weighted by Crippen LogP contribution is -2.62. The smallest absolute Gasteiger partial charge is 0.315 e. The minimum atomic E-state index is -3.99. The van der Waals surface area contributed by atoms with Crippen LogP contribution in [0.25, 0.3) is 10.8 Å². The van der Waals surface area contributed by atoms with Crippen LogP contribution in [0.15, 0.2) is 55.4 Å². The Balaban J connectivity index is 0.898. The number of methoxy groups -OCH3 is 1. The number of ether oxygens (including phenoxy) is 5. The second-order valence-electron chi connectivity index (χ2n) is 21.1. The van der Waals surface area contributed by atoms with Crippen LogP contribution < -0.4 is 51.4 Å². The molecule has 25 nitrogen and oxygen atoms in total. The molecule has 1 aromatic heterocycles. The molecular weight excluding hydrogens is 1120 g/mol. The Morgan fingerprint density at radius 3 is 2.20 bits per heavy atom. The number of nitrogens with zero attached hydrogens (tertiary/aromatic N) is 2. The van der Waals surface area contributed by atoms with E-state index in [1.165, 1.54) is 20.2 Å². The maximum atomic E-state index is 14.8. The average molecular weight is 1200 g/mol. The van der Waals surface area contributed by atoms with E-state index in [1.807, 2.05) is 11.8 Å². The van der Waals surface area contributed by atoms with Gasteiger partial charge in [0.25, 0.3) is 11.8 Å². The lowest BCUT2D eigenvalue weighted by atomic mass is 9.94. The van der Waals surface area contributed by atoms with E-state index in [9.17, 15) is 46.8 Å². The van der Waals surface area contributed by atoms with Crippen molar-refractivity contribution < 1.29 is 70.5 Å². The molecule has 0 spiro atoms. The number of pyridine rings is 1. The first kappa shape index (κ1) is 65.6. The zero-order chi connectivity index (χ0) is 59.9. The largest absolute Gasteiger partial charge is 0.497 e. The average Bonchev–Trinajstić information content (AvgIpc) is 4.29. The normalized spacial score (nSPS) is 20.2. The van der Waals surface area contributed by atoms with Crippen molar-refractivity contribution >= 4 is 79.9 Å². The fraction of sp³-hybridized carbons (Fsp3) is 0.625. The molecule has 4 fully saturated rings. The first-order chi connectivity index (χ1) is 39.8. The van der Waals surface area contributed by atoms with Gasteiger partial charge in [-0.3, -0.25) is 38.3 Å². The second kappa shape index (κ2) is 32.5. The minimum Gasteiger partial charge on any atom is -0.497 e. The number of aromatic nitrogens is 1. The third-order valence-electron chi connectivity index (χ3n) is 14.5. The van der Waals surface area contributed by atoms with E-state index in [1.54, 1.807) is 31.2 Å². The van der Waals surface area contributed by atoms with E-state index in [0.717, 1.165) is 41.4 Å². The van der Waals surface area contributed by atoms with Gasteiger partial charge in [-0.25, -0.2) is 18.2 Å². The molecule has 3 saturated heterocycles. The Morgan fingerprint density at radius 2 is 1.55 bits per heavy atom. The number of likely N-dealkylation sites (tertiary alicyclic amines) is 1. The van der Waals surface area contributed by atoms with Crippen LogP contribution in [0.3, 0.4) is 0 Å². The maximum absolute atomic E-state index is 14.8. The molecule has 0 bridgehead atoms. The van der Waals surface area contributed by atoms with Gasteiger partial charge in [0.05, 0.1) is 57.4 Å². The highest BCUT2D eigenvalue weighted by Gasteiger charge is 2.48. The summed E-state index contributed by atoms with van der Waals surface area (Å²) in [5, 5.41) is 20.5. The van der Waals surface area contributed by atoms with Crippen molar-refractivity contribution in [2.45, 2.75) is 150 Å². The molecule has 1 aromatic carbocycles. The zero-order valence-corrected chi connectivity index (χ0v) is 49.4. The number of carbonyl (C=O) groups is 8. The van der Waals surface area contributed by atoms with Crippen molar-refractivity contribution in [2.24, 2.45) is 0 Å². The van der Waals surface area contributed by atoms with Crippen LogP contribution in [0.5, 0.6) is 11.6 Å². The summed E-state index contributed by atoms with van der Waals surface area (Å²) < 4.78 is 56.3. The Morgan fingerprint density at radius 1 is 0.892 bits per heavy atom. The predicted molar refractivity (Wildman–Crippen MR) is 309 cm³/mol. The summed E-state index contributed by atoms with van der Waals surface area (Å²) in [7, 11) is -2.46. The van der Waals surface area contributed by atoms with Gasteiger partial charge in [0.1, 0.15) is 29.5 Å². The number of urea groups is 1. The first-order valence-electron chi connectivity index (χ1n) is 28.5. The fourth-order valence-electron chi connectivity index (χ4n) is 9.86. The van der Waals surface area contributed by atoms with Crippen molar-refractivity contribution in [1.82, 2.24) is 51.8 Å². The van der Waals surface area contributed by atoms with Crippen LogP contribution in [0.2, 0.25) is 0 Å². The molecule has 1 saturated carbocycles. The van der Waals surface area contributed by atoms with Gasteiger partial charge < -0.3 is 65.8 Å².